The Balaban J connectivity index is 1.47. The lowest BCUT2D eigenvalue weighted by atomic mass is 10.0. The number of fused-ring (bicyclic) bond motifs is 1. The third kappa shape index (κ3) is 4.81. The van der Waals surface area contributed by atoms with Crippen LogP contribution in [0.4, 0.5) is 5.13 Å². The molecule has 2 aromatic heterocycles. The highest BCUT2D eigenvalue weighted by Gasteiger charge is 2.18. The minimum absolute atomic E-state index is 0.0741. The van der Waals surface area contributed by atoms with Crippen LogP contribution in [0.15, 0.2) is 52.9 Å². The van der Waals surface area contributed by atoms with Crippen molar-refractivity contribution in [1.82, 2.24) is 9.97 Å². The maximum absolute atomic E-state index is 12.8. The highest BCUT2D eigenvalue weighted by molar-refractivity contribution is 8.00. The predicted molar refractivity (Wildman–Crippen MR) is 132 cm³/mol. The van der Waals surface area contributed by atoms with Gasteiger partial charge in [0, 0.05) is 16.3 Å². The van der Waals surface area contributed by atoms with E-state index in [1.165, 1.54) is 45.2 Å². The highest BCUT2D eigenvalue weighted by Crippen LogP contribution is 2.30. The van der Waals surface area contributed by atoms with Crippen LogP contribution in [0.25, 0.3) is 22.2 Å². The minimum atomic E-state index is -0.290. The van der Waals surface area contributed by atoms with Gasteiger partial charge in [-0.3, -0.25) is 4.79 Å². The summed E-state index contributed by atoms with van der Waals surface area (Å²) in [5, 5.41) is 7.28. The fourth-order valence-corrected chi connectivity index (χ4v) is 5.14. The van der Waals surface area contributed by atoms with Gasteiger partial charge in [0.25, 0.3) is 0 Å². The quantitative estimate of drug-likeness (QED) is 0.345. The molecule has 1 N–H and O–H groups in total. The maximum atomic E-state index is 12.8. The number of anilines is 1. The molecule has 2 heterocycles. The van der Waals surface area contributed by atoms with Crippen molar-refractivity contribution in [2.24, 2.45) is 0 Å². The first-order valence-electron chi connectivity index (χ1n) is 10.2. The van der Waals surface area contributed by atoms with Gasteiger partial charge in [0.15, 0.2) is 5.13 Å². The van der Waals surface area contributed by atoms with E-state index in [2.05, 4.69) is 68.3 Å². The number of benzene rings is 2. The molecule has 1 atom stereocenters. The Kier molecular flexibility index (Phi) is 6.12. The number of aromatic nitrogens is 2. The number of thiazole rings is 1. The van der Waals surface area contributed by atoms with Gasteiger partial charge in [0.05, 0.1) is 21.5 Å². The van der Waals surface area contributed by atoms with Crippen molar-refractivity contribution >= 4 is 45.0 Å². The van der Waals surface area contributed by atoms with Crippen LogP contribution in [0.2, 0.25) is 0 Å². The number of nitrogens with zero attached hydrogens (tertiary/aromatic N) is 2. The molecule has 0 fully saturated rings. The molecular formula is C25H25N3OS2. The van der Waals surface area contributed by atoms with Gasteiger partial charge >= 0.3 is 0 Å². The molecule has 0 aliphatic carbocycles. The topological polar surface area (TPSA) is 54.9 Å². The molecular weight excluding hydrogens is 422 g/mol. The molecule has 0 bridgehead atoms. The van der Waals surface area contributed by atoms with Crippen molar-refractivity contribution in [2.75, 3.05) is 5.32 Å². The normalized spacial score (nSPS) is 12.2. The third-order valence-electron chi connectivity index (χ3n) is 5.18. The van der Waals surface area contributed by atoms with Crippen LogP contribution in [0.5, 0.6) is 0 Å². The van der Waals surface area contributed by atoms with Crippen LogP contribution < -0.4 is 5.32 Å². The highest BCUT2D eigenvalue weighted by atomic mass is 32.2. The zero-order valence-electron chi connectivity index (χ0n) is 18.3. The van der Waals surface area contributed by atoms with E-state index >= 15 is 0 Å². The van der Waals surface area contributed by atoms with Gasteiger partial charge in [-0.05, 0) is 57.9 Å². The Morgan fingerprint density at radius 3 is 2.45 bits per heavy atom. The van der Waals surface area contributed by atoms with Gasteiger partial charge in [-0.2, -0.15) is 0 Å². The predicted octanol–water partition coefficient (Wildman–Crippen LogP) is 6.71. The Bertz CT molecular complexity index is 1260. The van der Waals surface area contributed by atoms with Crippen molar-refractivity contribution < 1.29 is 4.79 Å². The molecule has 0 radical (unpaired) electrons. The van der Waals surface area contributed by atoms with E-state index in [1.807, 2.05) is 24.4 Å². The standard InChI is InChI=1S/C25H25N3OS2/c1-14-6-8-19(9-7-14)21-13-30-25(26-21)28-24(29)18(5)31-22-12-16(3)20-11-15(2)10-17(4)23(20)27-22/h6-13,18H,1-5H3,(H,26,28,29). The van der Waals surface area contributed by atoms with E-state index in [0.717, 1.165) is 27.4 Å². The molecule has 1 unspecified atom stereocenters. The van der Waals surface area contributed by atoms with Crippen molar-refractivity contribution in [3.8, 4) is 11.3 Å². The van der Waals surface area contributed by atoms with Crippen molar-refractivity contribution in [1.29, 1.82) is 0 Å². The Labute approximate surface area is 191 Å². The zero-order valence-corrected chi connectivity index (χ0v) is 19.9. The molecule has 6 heteroatoms. The van der Waals surface area contributed by atoms with Gasteiger partial charge in [-0.25, -0.2) is 9.97 Å². The summed E-state index contributed by atoms with van der Waals surface area (Å²) in [4.78, 5) is 22.2. The minimum Gasteiger partial charge on any atom is -0.301 e. The van der Waals surface area contributed by atoms with Crippen LogP contribution in [0.3, 0.4) is 0 Å². The number of amides is 1. The van der Waals surface area contributed by atoms with E-state index in [1.54, 1.807) is 0 Å². The summed E-state index contributed by atoms with van der Waals surface area (Å²) in [5.74, 6) is -0.0741. The van der Waals surface area contributed by atoms with Gasteiger partial charge in [0.1, 0.15) is 0 Å². The monoisotopic (exact) mass is 447 g/mol. The summed E-state index contributed by atoms with van der Waals surface area (Å²) in [6.45, 7) is 10.2. The number of carbonyl (C=O) groups is 1. The Hall–Kier alpha value is -2.70. The molecule has 0 spiro atoms. The average molecular weight is 448 g/mol. The summed E-state index contributed by atoms with van der Waals surface area (Å²) in [6.07, 6.45) is 0. The fourth-order valence-electron chi connectivity index (χ4n) is 3.50. The Morgan fingerprint density at radius 2 is 1.71 bits per heavy atom. The van der Waals surface area contributed by atoms with Crippen molar-refractivity contribution in [3.63, 3.8) is 0 Å². The molecule has 4 nitrogen and oxygen atoms in total. The third-order valence-corrected chi connectivity index (χ3v) is 6.96. The summed E-state index contributed by atoms with van der Waals surface area (Å²) in [7, 11) is 0. The van der Waals surface area contributed by atoms with E-state index in [9.17, 15) is 4.79 Å². The molecule has 0 aliphatic heterocycles. The van der Waals surface area contributed by atoms with Gasteiger partial charge < -0.3 is 5.32 Å². The molecule has 158 valence electrons. The number of aryl methyl sites for hydroxylation is 4. The lowest BCUT2D eigenvalue weighted by molar-refractivity contribution is -0.115. The number of rotatable bonds is 5. The lowest BCUT2D eigenvalue weighted by Crippen LogP contribution is -2.22. The largest absolute Gasteiger partial charge is 0.301 e. The molecule has 4 rings (SSSR count). The molecule has 31 heavy (non-hydrogen) atoms. The Morgan fingerprint density at radius 1 is 0.968 bits per heavy atom. The average Bonchev–Trinajstić information content (AvgIpc) is 3.18. The van der Waals surface area contributed by atoms with Crippen LogP contribution in [-0.4, -0.2) is 21.1 Å². The summed E-state index contributed by atoms with van der Waals surface area (Å²) in [5.41, 5.74) is 7.70. The van der Waals surface area contributed by atoms with Crippen LogP contribution >= 0.6 is 23.1 Å². The zero-order chi connectivity index (χ0) is 22.1. The first kappa shape index (κ1) is 21.5. The molecule has 2 aromatic carbocycles. The number of hydrogen-bond donors (Lipinski definition) is 1. The first-order chi connectivity index (χ1) is 14.8. The maximum Gasteiger partial charge on any atom is 0.239 e. The number of thioether (sulfide) groups is 1. The summed E-state index contributed by atoms with van der Waals surface area (Å²) in [6, 6.07) is 14.6. The molecule has 0 aliphatic rings. The number of nitrogens with one attached hydrogen (secondary N) is 1. The first-order valence-corrected chi connectivity index (χ1v) is 11.9. The SMILES string of the molecule is Cc1ccc(-c2csc(NC(=O)C(C)Sc3cc(C)c4cc(C)cc(C)c4n3)n2)cc1. The second-order valence-corrected chi connectivity index (χ2v) is 10.1. The number of carbonyl (C=O) groups excluding carboxylic acids is 1. The lowest BCUT2D eigenvalue weighted by Gasteiger charge is -2.13. The molecule has 0 saturated carbocycles. The molecule has 1 amide bonds. The van der Waals surface area contributed by atoms with E-state index < -0.39 is 0 Å². The summed E-state index contributed by atoms with van der Waals surface area (Å²) < 4.78 is 0. The van der Waals surface area contributed by atoms with Crippen LogP contribution in [-0.2, 0) is 4.79 Å². The smallest absolute Gasteiger partial charge is 0.239 e. The van der Waals surface area contributed by atoms with Crippen LogP contribution in [0, 0.1) is 27.7 Å². The molecule has 0 saturated heterocycles. The second-order valence-electron chi connectivity index (χ2n) is 7.91. The van der Waals surface area contributed by atoms with Crippen molar-refractivity contribution in [2.45, 2.75) is 44.9 Å². The van der Waals surface area contributed by atoms with Gasteiger partial charge in [0.2, 0.25) is 5.91 Å². The van der Waals surface area contributed by atoms with Crippen molar-refractivity contribution in [3.05, 3.63) is 70.1 Å². The van der Waals surface area contributed by atoms with E-state index in [4.69, 9.17) is 4.98 Å². The van der Waals surface area contributed by atoms with E-state index in [0.29, 0.717) is 5.13 Å². The number of hydrogen-bond acceptors (Lipinski definition) is 5. The fraction of sp³-hybridized carbons (Fsp3) is 0.240. The summed E-state index contributed by atoms with van der Waals surface area (Å²) >= 11 is 2.91. The second kappa shape index (κ2) is 8.81. The van der Waals surface area contributed by atoms with Crippen LogP contribution in [0.1, 0.15) is 29.2 Å². The molecule has 4 aromatic rings. The number of pyridine rings is 1. The van der Waals surface area contributed by atoms with Gasteiger partial charge in [-0.1, -0.05) is 53.2 Å². The van der Waals surface area contributed by atoms with Gasteiger partial charge in [-0.15, -0.1) is 11.3 Å². The van der Waals surface area contributed by atoms with E-state index in [-0.39, 0.29) is 11.2 Å².